The van der Waals surface area contributed by atoms with Crippen LogP contribution >= 0.6 is 0 Å². The average molecular weight is 231 g/mol. The van der Waals surface area contributed by atoms with Crippen LogP contribution in [0.4, 0.5) is 0 Å². The molecule has 0 bridgehead atoms. The topological polar surface area (TPSA) is 42.1 Å². The largest absolute Gasteiger partial charge is 0.456 e. The Hall–Kier alpha value is -1.77. The summed E-state index contributed by atoms with van der Waals surface area (Å²) < 4.78 is 5.34. The molecule has 0 fully saturated rings. The molecule has 2 rings (SSSR count). The highest BCUT2D eigenvalue weighted by Gasteiger charge is 2.18. The monoisotopic (exact) mass is 231 g/mol. The minimum Gasteiger partial charge on any atom is -0.456 e. The van der Waals surface area contributed by atoms with Crippen LogP contribution in [0.1, 0.15) is 36.7 Å². The molecule has 0 aliphatic rings. The molecule has 3 nitrogen and oxygen atoms in total. The molecule has 0 saturated carbocycles. The Morgan fingerprint density at radius 3 is 2.65 bits per heavy atom. The van der Waals surface area contributed by atoms with E-state index < -0.39 is 5.60 Å². The number of nitrogens with one attached hydrogen (secondary N) is 1. The zero-order chi connectivity index (χ0) is 12.6. The summed E-state index contributed by atoms with van der Waals surface area (Å²) in [6, 6.07) is 5.56. The molecule has 0 saturated heterocycles. The lowest BCUT2D eigenvalue weighted by atomic mass is 10.1. The Morgan fingerprint density at radius 1 is 1.29 bits per heavy atom. The van der Waals surface area contributed by atoms with Crippen molar-refractivity contribution in [1.29, 1.82) is 0 Å². The van der Waals surface area contributed by atoms with Crippen molar-refractivity contribution in [2.45, 2.75) is 33.3 Å². The molecule has 17 heavy (non-hydrogen) atoms. The van der Waals surface area contributed by atoms with Gasteiger partial charge < -0.3 is 9.72 Å². The smallest absolute Gasteiger partial charge is 0.338 e. The Labute approximate surface area is 101 Å². The van der Waals surface area contributed by atoms with Crippen molar-refractivity contribution >= 4 is 16.9 Å². The minimum atomic E-state index is -0.459. The molecule has 1 aromatic carbocycles. The lowest BCUT2D eigenvalue weighted by Crippen LogP contribution is -2.23. The van der Waals surface area contributed by atoms with Gasteiger partial charge in [0.05, 0.1) is 5.56 Å². The van der Waals surface area contributed by atoms with Crippen LogP contribution in [0.3, 0.4) is 0 Å². The second kappa shape index (κ2) is 3.91. The van der Waals surface area contributed by atoms with Gasteiger partial charge in [-0.3, -0.25) is 0 Å². The Bertz CT molecular complexity index is 561. The van der Waals surface area contributed by atoms with E-state index in [0.29, 0.717) is 5.56 Å². The van der Waals surface area contributed by atoms with Crippen LogP contribution in [0.2, 0.25) is 0 Å². The van der Waals surface area contributed by atoms with Gasteiger partial charge in [0.2, 0.25) is 0 Å². The zero-order valence-corrected chi connectivity index (χ0v) is 10.6. The third-order valence-electron chi connectivity index (χ3n) is 2.52. The molecule has 0 aliphatic carbocycles. The molecule has 0 atom stereocenters. The van der Waals surface area contributed by atoms with E-state index in [-0.39, 0.29) is 5.97 Å². The van der Waals surface area contributed by atoms with E-state index in [9.17, 15) is 4.79 Å². The molecule has 2 aromatic rings. The Kier molecular flexibility index (Phi) is 2.69. The molecule has 0 amide bonds. The van der Waals surface area contributed by atoms with Gasteiger partial charge in [0.1, 0.15) is 5.60 Å². The molecule has 0 aliphatic heterocycles. The van der Waals surface area contributed by atoms with E-state index in [0.717, 1.165) is 16.5 Å². The number of aryl methyl sites for hydroxylation is 1. The number of aromatic amines is 1. The number of carbonyl (C=O) groups excluding carboxylic acids is 1. The van der Waals surface area contributed by atoms with Crippen LogP contribution in [-0.2, 0) is 4.74 Å². The molecule has 0 unspecified atom stereocenters. The molecular formula is C14H17NO2. The van der Waals surface area contributed by atoms with Gasteiger partial charge in [-0.05, 0) is 51.5 Å². The van der Waals surface area contributed by atoms with Crippen LogP contribution in [-0.4, -0.2) is 16.6 Å². The van der Waals surface area contributed by atoms with Crippen LogP contribution in [0.5, 0.6) is 0 Å². The van der Waals surface area contributed by atoms with Gasteiger partial charge in [0, 0.05) is 17.1 Å². The van der Waals surface area contributed by atoms with Crippen molar-refractivity contribution in [2.75, 3.05) is 0 Å². The third kappa shape index (κ3) is 2.49. The third-order valence-corrected chi connectivity index (χ3v) is 2.52. The van der Waals surface area contributed by atoms with Gasteiger partial charge in [-0.1, -0.05) is 0 Å². The molecule has 0 spiro atoms. The van der Waals surface area contributed by atoms with Gasteiger partial charge in [-0.25, -0.2) is 4.79 Å². The summed E-state index contributed by atoms with van der Waals surface area (Å²) in [5.74, 6) is -0.278. The van der Waals surface area contributed by atoms with Gasteiger partial charge in [-0.2, -0.15) is 0 Å². The van der Waals surface area contributed by atoms with Crippen molar-refractivity contribution in [2.24, 2.45) is 0 Å². The Balaban J connectivity index is 2.36. The van der Waals surface area contributed by atoms with Gasteiger partial charge in [0.15, 0.2) is 0 Å². The van der Waals surface area contributed by atoms with E-state index in [1.165, 1.54) is 0 Å². The summed E-state index contributed by atoms with van der Waals surface area (Å²) in [6.45, 7) is 7.61. The normalized spacial score (nSPS) is 11.8. The fraction of sp³-hybridized carbons (Fsp3) is 0.357. The first-order valence-corrected chi connectivity index (χ1v) is 5.68. The SMILES string of the molecule is Cc1c[nH]c2ccc(C(=O)OC(C)(C)C)cc12. The lowest BCUT2D eigenvalue weighted by Gasteiger charge is -2.19. The molecular weight excluding hydrogens is 214 g/mol. The number of hydrogen-bond donors (Lipinski definition) is 1. The number of aromatic nitrogens is 1. The number of benzene rings is 1. The summed E-state index contributed by atoms with van der Waals surface area (Å²) in [5.41, 5.74) is 2.30. The van der Waals surface area contributed by atoms with Gasteiger partial charge in [0.25, 0.3) is 0 Å². The van der Waals surface area contributed by atoms with Crippen molar-refractivity contribution in [3.63, 3.8) is 0 Å². The summed E-state index contributed by atoms with van der Waals surface area (Å²) in [5, 5.41) is 1.06. The molecule has 3 heteroatoms. The van der Waals surface area contributed by atoms with Crippen molar-refractivity contribution < 1.29 is 9.53 Å². The highest BCUT2D eigenvalue weighted by molar-refractivity contribution is 5.95. The maximum Gasteiger partial charge on any atom is 0.338 e. The number of rotatable bonds is 1. The zero-order valence-electron chi connectivity index (χ0n) is 10.6. The van der Waals surface area contributed by atoms with Crippen molar-refractivity contribution in [3.8, 4) is 0 Å². The first-order chi connectivity index (χ1) is 7.87. The van der Waals surface area contributed by atoms with E-state index >= 15 is 0 Å². The summed E-state index contributed by atoms with van der Waals surface area (Å²) in [7, 11) is 0. The van der Waals surface area contributed by atoms with Crippen LogP contribution < -0.4 is 0 Å². The second-order valence-electron chi connectivity index (χ2n) is 5.23. The molecule has 90 valence electrons. The van der Waals surface area contributed by atoms with E-state index in [4.69, 9.17) is 4.74 Å². The number of ether oxygens (including phenoxy) is 1. The standard InChI is InChI=1S/C14H17NO2/c1-9-8-15-12-6-5-10(7-11(9)12)13(16)17-14(2,3)4/h5-8,15H,1-4H3. The van der Waals surface area contributed by atoms with E-state index in [1.807, 2.05) is 46.0 Å². The number of fused-ring (bicyclic) bond motifs is 1. The highest BCUT2D eigenvalue weighted by Crippen LogP contribution is 2.20. The highest BCUT2D eigenvalue weighted by atomic mass is 16.6. The quantitative estimate of drug-likeness (QED) is 0.764. The summed E-state index contributed by atoms with van der Waals surface area (Å²) in [4.78, 5) is 15.1. The summed E-state index contributed by atoms with van der Waals surface area (Å²) in [6.07, 6.45) is 1.93. The molecule has 0 radical (unpaired) electrons. The fourth-order valence-electron chi connectivity index (χ4n) is 1.72. The van der Waals surface area contributed by atoms with Crippen LogP contribution in [0.15, 0.2) is 24.4 Å². The van der Waals surface area contributed by atoms with Crippen LogP contribution in [0, 0.1) is 6.92 Å². The molecule has 1 aromatic heterocycles. The van der Waals surface area contributed by atoms with Crippen molar-refractivity contribution in [3.05, 3.63) is 35.5 Å². The predicted octanol–water partition coefficient (Wildman–Crippen LogP) is 3.43. The van der Waals surface area contributed by atoms with Gasteiger partial charge in [-0.15, -0.1) is 0 Å². The predicted molar refractivity (Wildman–Crippen MR) is 68.2 cm³/mol. The van der Waals surface area contributed by atoms with Crippen molar-refractivity contribution in [1.82, 2.24) is 4.98 Å². The second-order valence-corrected chi connectivity index (χ2v) is 5.23. The molecule has 1 heterocycles. The minimum absolute atomic E-state index is 0.278. The lowest BCUT2D eigenvalue weighted by molar-refractivity contribution is 0.00697. The molecule has 1 N–H and O–H groups in total. The first-order valence-electron chi connectivity index (χ1n) is 5.68. The van der Waals surface area contributed by atoms with Gasteiger partial charge >= 0.3 is 5.97 Å². The first kappa shape index (κ1) is 11.7. The Morgan fingerprint density at radius 2 is 2.00 bits per heavy atom. The maximum absolute atomic E-state index is 11.9. The number of carbonyl (C=O) groups is 1. The number of esters is 1. The number of hydrogen-bond acceptors (Lipinski definition) is 2. The van der Waals surface area contributed by atoms with Crippen LogP contribution in [0.25, 0.3) is 10.9 Å². The number of H-pyrrole nitrogens is 1. The van der Waals surface area contributed by atoms with E-state index in [2.05, 4.69) is 4.98 Å². The fourth-order valence-corrected chi connectivity index (χ4v) is 1.72. The van der Waals surface area contributed by atoms with E-state index in [1.54, 1.807) is 6.07 Å². The average Bonchev–Trinajstić information content (AvgIpc) is 2.57. The maximum atomic E-state index is 11.9. The summed E-state index contributed by atoms with van der Waals surface area (Å²) >= 11 is 0.